The number of rotatable bonds is 7. The molecule has 0 radical (unpaired) electrons. The Kier molecular flexibility index (Phi) is 7.91. The maximum Gasteiger partial charge on any atom is 0.416 e. The molecule has 13 heteroatoms. The third-order valence-electron chi connectivity index (χ3n) is 6.51. The molecule has 1 amide bonds. The number of carbonyl (C=O) groups excluding carboxylic acids is 1. The normalized spacial score (nSPS) is 23.5. The molecule has 1 aromatic heterocycles. The fourth-order valence-corrected chi connectivity index (χ4v) is 4.59. The van der Waals surface area contributed by atoms with E-state index < -0.39 is 35.6 Å². The lowest BCUT2D eigenvalue weighted by Gasteiger charge is -2.37. The van der Waals surface area contributed by atoms with Crippen LogP contribution in [0, 0.1) is 11.7 Å². The predicted octanol–water partition coefficient (Wildman–Crippen LogP) is 1.79. The van der Waals surface area contributed by atoms with Crippen LogP contribution in [-0.4, -0.2) is 77.9 Å². The summed E-state index contributed by atoms with van der Waals surface area (Å²) < 4.78 is 59.9. The number of anilines is 2. The fraction of sp³-hybridized carbons (Fsp3) is 0.522. The second kappa shape index (κ2) is 10.9. The number of likely N-dealkylation sites (tertiary alicyclic amines) is 1. The number of piperidine rings is 1. The number of aliphatic hydroxyl groups is 1. The van der Waals surface area contributed by atoms with Gasteiger partial charge in [-0.3, -0.25) is 9.69 Å². The summed E-state index contributed by atoms with van der Waals surface area (Å²) in [6.45, 7) is 1.94. The predicted molar refractivity (Wildman–Crippen MR) is 123 cm³/mol. The van der Waals surface area contributed by atoms with Gasteiger partial charge in [0.05, 0.1) is 37.5 Å². The molecule has 2 aliphatic heterocycles. The number of carbonyl (C=O) groups is 1. The van der Waals surface area contributed by atoms with Gasteiger partial charge in [-0.15, -0.1) is 0 Å². The van der Waals surface area contributed by atoms with Crippen LogP contribution < -0.4 is 16.0 Å². The van der Waals surface area contributed by atoms with Crippen molar-refractivity contribution in [2.45, 2.75) is 24.7 Å². The molecule has 2 unspecified atom stereocenters. The number of alkyl halides is 3. The van der Waals surface area contributed by atoms with Gasteiger partial charge in [0.25, 0.3) is 0 Å². The lowest BCUT2D eigenvalue weighted by atomic mass is 9.93. The van der Waals surface area contributed by atoms with E-state index >= 15 is 4.39 Å². The van der Waals surface area contributed by atoms with E-state index in [1.165, 1.54) is 18.5 Å². The topological polar surface area (TPSA) is 117 Å². The Hall–Kier alpha value is -3.03. The minimum atomic E-state index is -4.45. The zero-order valence-electron chi connectivity index (χ0n) is 19.4. The van der Waals surface area contributed by atoms with Crippen molar-refractivity contribution in [2.75, 3.05) is 56.2 Å². The van der Waals surface area contributed by atoms with Gasteiger partial charge in [0, 0.05) is 25.6 Å². The number of ether oxygens (including phenoxy) is 1. The Morgan fingerprint density at radius 3 is 2.64 bits per heavy atom. The van der Waals surface area contributed by atoms with Crippen molar-refractivity contribution in [3.8, 4) is 0 Å². The number of morpholine rings is 1. The van der Waals surface area contributed by atoms with Crippen molar-refractivity contribution in [3.05, 3.63) is 47.5 Å². The number of primary amides is 1. The van der Waals surface area contributed by atoms with Crippen LogP contribution >= 0.6 is 0 Å². The zero-order chi connectivity index (χ0) is 25.9. The van der Waals surface area contributed by atoms with Gasteiger partial charge in [-0.05, 0) is 30.7 Å². The highest BCUT2D eigenvalue weighted by atomic mass is 19.4. The maximum atomic E-state index is 15.5. The van der Waals surface area contributed by atoms with Crippen LogP contribution in [0.15, 0.2) is 30.6 Å². The van der Waals surface area contributed by atoms with Gasteiger partial charge >= 0.3 is 6.18 Å². The summed E-state index contributed by atoms with van der Waals surface area (Å²) in [5.74, 6) is -1.37. The highest BCUT2D eigenvalue weighted by Crippen LogP contribution is 2.34. The van der Waals surface area contributed by atoms with E-state index in [0.717, 1.165) is 12.1 Å². The molecule has 2 aliphatic rings. The van der Waals surface area contributed by atoms with Gasteiger partial charge in [-0.25, -0.2) is 9.97 Å². The van der Waals surface area contributed by atoms with Crippen LogP contribution in [0.25, 0.3) is 0 Å². The molecular formula is C23H28F4N6O3. The lowest BCUT2D eigenvalue weighted by Crippen LogP contribution is -2.48. The first-order valence-electron chi connectivity index (χ1n) is 11.6. The van der Waals surface area contributed by atoms with Crippen LogP contribution in [0.5, 0.6) is 0 Å². The third kappa shape index (κ3) is 6.02. The summed E-state index contributed by atoms with van der Waals surface area (Å²) in [4.78, 5) is 22.6. The minimum Gasteiger partial charge on any atom is -0.391 e. The Bertz CT molecular complexity index is 1060. The van der Waals surface area contributed by atoms with Gasteiger partial charge in [0.15, 0.2) is 11.6 Å². The summed E-state index contributed by atoms with van der Waals surface area (Å²) in [5.41, 5.74) is 4.99. The molecule has 4 N–H and O–H groups in total. The smallest absolute Gasteiger partial charge is 0.391 e. The van der Waals surface area contributed by atoms with E-state index in [0.29, 0.717) is 25.1 Å². The summed E-state index contributed by atoms with van der Waals surface area (Å²) in [6.07, 6.45) is -3.38. The largest absolute Gasteiger partial charge is 0.416 e. The summed E-state index contributed by atoms with van der Waals surface area (Å²) >= 11 is 0. The number of hydrogen-bond donors (Lipinski definition) is 3. The highest BCUT2D eigenvalue weighted by Gasteiger charge is 2.33. The molecule has 4 rings (SSSR count). The number of nitrogens with two attached hydrogens (primary N) is 1. The molecule has 2 saturated heterocycles. The van der Waals surface area contributed by atoms with Gasteiger partial charge in [-0.2, -0.15) is 17.6 Å². The first-order valence-corrected chi connectivity index (χ1v) is 11.6. The van der Waals surface area contributed by atoms with Gasteiger partial charge in [0.2, 0.25) is 11.7 Å². The van der Waals surface area contributed by atoms with Crippen LogP contribution in [0.2, 0.25) is 0 Å². The van der Waals surface area contributed by atoms with Crippen molar-refractivity contribution in [1.82, 2.24) is 14.9 Å². The molecule has 0 saturated carbocycles. The number of hydrogen-bond acceptors (Lipinski definition) is 8. The Morgan fingerprint density at radius 2 is 1.97 bits per heavy atom. The quantitative estimate of drug-likeness (QED) is 0.481. The molecule has 0 spiro atoms. The summed E-state index contributed by atoms with van der Waals surface area (Å²) in [5, 5.41) is 13.4. The molecule has 1 aromatic carbocycles. The minimum absolute atomic E-state index is 0.0116. The molecule has 196 valence electrons. The highest BCUT2D eigenvalue weighted by molar-refractivity contribution is 5.75. The number of nitrogens with zero attached hydrogens (tertiary/aromatic N) is 4. The molecule has 3 heterocycles. The fourth-order valence-electron chi connectivity index (χ4n) is 4.59. The Labute approximate surface area is 205 Å². The van der Waals surface area contributed by atoms with Crippen LogP contribution in [0.1, 0.15) is 23.6 Å². The molecule has 36 heavy (non-hydrogen) atoms. The third-order valence-corrected chi connectivity index (χ3v) is 6.51. The number of benzene rings is 1. The zero-order valence-corrected chi connectivity index (χ0v) is 19.4. The molecule has 0 bridgehead atoms. The number of aliphatic hydroxyl groups excluding tert-OH is 1. The van der Waals surface area contributed by atoms with Crippen molar-refractivity contribution in [1.29, 1.82) is 0 Å². The average molecular weight is 513 g/mol. The number of halogens is 4. The standard InChI is InChI=1S/C23H28F4N6O3/c24-20-21(29-9-15-5-6-32(10-18(15)34)11-19(28)35)30-13-31-22(20)33-7-8-36-12-17(33)14-1-3-16(4-2-14)23(25,26)27/h1-4,13,15,17-18,34H,5-12H2,(H2,28,35)(H,29,30,31)/t15?,17-,18?/m1/s1. The van der Waals surface area contributed by atoms with E-state index in [4.69, 9.17) is 10.5 Å². The molecule has 3 atom stereocenters. The van der Waals surface area contributed by atoms with Crippen LogP contribution in [0.3, 0.4) is 0 Å². The van der Waals surface area contributed by atoms with Gasteiger partial charge in [0.1, 0.15) is 6.33 Å². The van der Waals surface area contributed by atoms with Crippen molar-refractivity contribution >= 4 is 17.5 Å². The van der Waals surface area contributed by atoms with Crippen LogP contribution in [-0.2, 0) is 15.7 Å². The van der Waals surface area contributed by atoms with E-state index in [2.05, 4.69) is 15.3 Å². The molecule has 2 aromatic rings. The first-order chi connectivity index (χ1) is 17.1. The van der Waals surface area contributed by atoms with Crippen LogP contribution in [0.4, 0.5) is 29.2 Å². The van der Waals surface area contributed by atoms with E-state index in [9.17, 15) is 23.1 Å². The number of nitrogens with one attached hydrogen (secondary N) is 1. The molecule has 0 aliphatic carbocycles. The molecular weight excluding hydrogens is 484 g/mol. The van der Waals surface area contributed by atoms with Gasteiger partial charge < -0.3 is 25.8 Å². The lowest BCUT2D eigenvalue weighted by molar-refractivity contribution is -0.137. The first kappa shape index (κ1) is 26.0. The number of aromatic nitrogens is 2. The van der Waals surface area contributed by atoms with E-state index in [1.807, 2.05) is 0 Å². The number of amides is 1. The summed E-state index contributed by atoms with van der Waals surface area (Å²) in [6, 6.07) is 4.17. The SMILES string of the molecule is NC(=O)CN1CCC(CNc2ncnc(N3CCOC[C@@H]3c3ccc(C(F)(F)F)cc3)c2F)C(O)C1. The Balaban J connectivity index is 1.46. The van der Waals surface area contributed by atoms with Crippen molar-refractivity contribution < 1.29 is 32.2 Å². The van der Waals surface area contributed by atoms with E-state index in [-0.39, 0.29) is 50.3 Å². The van der Waals surface area contributed by atoms with Gasteiger partial charge in [-0.1, -0.05) is 12.1 Å². The Morgan fingerprint density at radius 1 is 1.22 bits per heavy atom. The van der Waals surface area contributed by atoms with E-state index in [1.54, 1.807) is 9.80 Å². The molecule has 9 nitrogen and oxygen atoms in total. The van der Waals surface area contributed by atoms with Crippen molar-refractivity contribution in [2.24, 2.45) is 11.7 Å². The summed E-state index contributed by atoms with van der Waals surface area (Å²) in [7, 11) is 0. The second-order valence-electron chi connectivity index (χ2n) is 8.96. The van der Waals surface area contributed by atoms with Crippen molar-refractivity contribution in [3.63, 3.8) is 0 Å². The monoisotopic (exact) mass is 512 g/mol. The average Bonchev–Trinajstić information content (AvgIpc) is 2.83. The number of β-amino-alcohol motifs (C(OH)–C–C–N with tert-alkyl or cyclic N) is 1. The maximum absolute atomic E-state index is 15.5. The molecule has 2 fully saturated rings. The second-order valence-corrected chi connectivity index (χ2v) is 8.96.